The molecule has 1 amide bonds. The van der Waals surface area contributed by atoms with E-state index in [-0.39, 0.29) is 10.8 Å². The molecule has 0 unspecified atom stereocenters. The molecule has 1 fully saturated rings. The summed E-state index contributed by atoms with van der Waals surface area (Å²) in [6.07, 6.45) is 1.20. The first-order valence-electron chi connectivity index (χ1n) is 8.11. The number of para-hydroxylation sites is 1. The van der Waals surface area contributed by atoms with E-state index in [1.807, 2.05) is 28.5 Å². The van der Waals surface area contributed by atoms with Crippen LogP contribution in [0, 0.1) is 0 Å². The molecule has 1 saturated heterocycles. The van der Waals surface area contributed by atoms with E-state index in [1.54, 1.807) is 12.1 Å². The quantitative estimate of drug-likeness (QED) is 0.668. The van der Waals surface area contributed by atoms with Gasteiger partial charge in [-0.3, -0.25) is 4.79 Å². The maximum atomic E-state index is 12.4. The summed E-state index contributed by atoms with van der Waals surface area (Å²) in [6.45, 7) is 2.63. The molecule has 1 aliphatic rings. The lowest BCUT2D eigenvalue weighted by atomic mass is 10.3. The summed E-state index contributed by atoms with van der Waals surface area (Å²) in [5.41, 5.74) is 0.534. The van der Waals surface area contributed by atoms with Crippen LogP contribution >= 0.6 is 22.7 Å². The maximum Gasteiger partial charge on any atom is 0.264 e. The molecule has 0 saturated carbocycles. The maximum absolute atomic E-state index is 12.4. The van der Waals surface area contributed by atoms with Crippen molar-refractivity contribution < 1.29 is 13.2 Å². The zero-order valence-corrected chi connectivity index (χ0v) is 16.5. The van der Waals surface area contributed by atoms with E-state index in [9.17, 15) is 13.2 Å². The molecule has 26 heavy (non-hydrogen) atoms. The SMILES string of the molecule is CS(=O)(=O)c1cccc2sc(N3CCN(C(=O)c4cccs4)CC3)nc12. The smallest absolute Gasteiger partial charge is 0.264 e. The number of hydrogen-bond donors (Lipinski definition) is 0. The number of thiazole rings is 1. The van der Waals surface area contributed by atoms with Gasteiger partial charge in [0.05, 0.1) is 14.5 Å². The van der Waals surface area contributed by atoms with Crippen LogP contribution in [-0.4, -0.2) is 56.6 Å². The molecule has 4 rings (SSSR count). The molecule has 136 valence electrons. The molecule has 0 aliphatic carbocycles. The average Bonchev–Trinajstić information content (AvgIpc) is 3.29. The second-order valence-corrected chi connectivity index (χ2v) is 10.1. The van der Waals surface area contributed by atoms with Crippen LogP contribution in [0.15, 0.2) is 40.6 Å². The number of carbonyl (C=O) groups excluding carboxylic acids is 1. The van der Waals surface area contributed by atoms with Gasteiger partial charge in [0.25, 0.3) is 5.91 Å². The molecular weight excluding hydrogens is 390 g/mol. The van der Waals surface area contributed by atoms with Gasteiger partial charge in [0.1, 0.15) is 5.52 Å². The van der Waals surface area contributed by atoms with Crippen molar-refractivity contribution in [1.29, 1.82) is 0 Å². The Hall–Kier alpha value is -1.97. The molecule has 1 aromatic carbocycles. The summed E-state index contributed by atoms with van der Waals surface area (Å²) < 4.78 is 24.8. The second-order valence-electron chi connectivity index (χ2n) is 6.13. The number of benzene rings is 1. The lowest BCUT2D eigenvalue weighted by Crippen LogP contribution is -2.48. The van der Waals surface area contributed by atoms with E-state index in [4.69, 9.17) is 0 Å². The van der Waals surface area contributed by atoms with E-state index in [2.05, 4.69) is 9.88 Å². The Morgan fingerprint density at radius 1 is 1.12 bits per heavy atom. The number of nitrogens with zero attached hydrogens (tertiary/aromatic N) is 3. The van der Waals surface area contributed by atoms with Crippen molar-refractivity contribution >= 4 is 53.8 Å². The van der Waals surface area contributed by atoms with Gasteiger partial charge in [0.15, 0.2) is 15.0 Å². The van der Waals surface area contributed by atoms with E-state index >= 15 is 0 Å². The van der Waals surface area contributed by atoms with Crippen LogP contribution in [0.2, 0.25) is 0 Å². The Labute approximate surface area is 159 Å². The highest BCUT2D eigenvalue weighted by Gasteiger charge is 2.25. The fourth-order valence-corrected chi connectivity index (χ4v) is 5.64. The van der Waals surface area contributed by atoms with E-state index in [0.29, 0.717) is 31.7 Å². The highest BCUT2D eigenvalue weighted by Crippen LogP contribution is 2.33. The number of fused-ring (bicyclic) bond motifs is 1. The first kappa shape index (κ1) is 17.4. The molecule has 6 nitrogen and oxygen atoms in total. The zero-order chi connectivity index (χ0) is 18.3. The second kappa shape index (κ2) is 6.64. The molecule has 9 heteroatoms. The van der Waals surface area contributed by atoms with Gasteiger partial charge in [-0.1, -0.05) is 23.5 Å². The number of aromatic nitrogens is 1. The molecule has 3 aromatic rings. The number of amides is 1. The van der Waals surface area contributed by atoms with Crippen molar-refractivity contribution in [3.63, 3.8) is 0 Å². The predicted molar refractivity (Wildman–Crippen MR) is 105 cm³/mol. The highest BCUT2D eigenvalue weighted by atomic mass is 32.2. The van der Waals surface area contributed by atoms with Gasteiger partial charge in [0.2, 0.25) is 0 Å². The van der Waals surface area contributed by atoms with Crippen molar-refractivity contribution in [2.45, 2.75) is 4.90 Å². The van der Waals surface area contributed by atoms with Gasteiger partial charge >= 0.3 is 0 Å². The van der Waals surface area contributed by atoms with Crippen LogP contribution in [0.3, 0.4) is 0 Å². The predicted octanol–water partition coefficient (Wildman–Crippen LogP) is 2.72. The van der Waals surface area contributed by atoms with Gasteiger partial charge in [-0.15, -0.1) is 11.3 Å². The molecule has 0 atom stereocenters. The Morgan fingerprint density at radius 2 is 1.88 bits per heavy atom. The number of thiophene rings is 1. The fourth-order valence-electron chi connectivity index (χ4n) is 3.00. The number of rotatable bonds is 3. The summed E-state index contributed by atoms with van der Waals surface area (Å²) in [7, 11) is -3.32. The van der Waals surface area contributed by atoms with Crippen molar-refractivity contribution in [3.05, 3.63) is 40.6 Å². The minimum atomic E-state index is -3.32. The Balaban J connectivity index is 1.54. The first-order chi connectivity index (χ1) is 12.4. The first-order valence-corrected chi connectivity index (χ1v) is 11.7. The molecule has 1 aliphatic heterocycles. The lowest BCUT2D eigenvalue weighted by Gasteiger charge is -2.34. The Morgan fingerprint density at radius 3 is 2.54 bits per heavy atom. The molecule has 0 N–H and O–H groups in total. The summed E-state index contributed by atoms with van der Waals surface area (Å²) in [5.74, 6) is 0.0725. The average molecular weight is 408 g/mol. The minimum absolute atomic E-state index is 0.0725. The van der Waals surface area contributed by atoms with Gasteiger partial charge in [-0.25, -0.2) is 13.4 Å². The van der Waals surface area contributed by atoms with E-state index < -0.39 is 9.84 Å². The van der Waals surface area contributed by atoms with Crippen LogP contribution < -0.4 is 4.90 Å². The third-order valence-corrected chi connectivity index (χ3v) is 7.41. The highest BCUT2D eigenvalue weighted by molar-refractivity contribution is 7.91. The third-order valence-electron chi connectivity index (χ3n) is 4.34. The van der Waals surface area contributed by atoms with Crippen molar-refractivity contribution in [3.8, 4) is 0 Å². The molecule has 0 bridgehead atoms. The fraction of sp³-hybridized carbons (Fsp3) is 0.294. The Bertz CT molecular complexity index is 1050. The Kier molecular flexibility index (Phi) is 4.45. The number of carbonyl (C=O) groups is 1. The summed E-state index contributed by atoms with van der Waals surface area (Å²) >= 11 is 2.95. The number of piperazine rings is 1. The van der Waals surface area contributed by atoms with Gasteiger partial charge in [-0.2, -0.15) is 0 Å². The lowest BCUT2D eigenvalue weighted by molar-refractivity contribution is 0.0751. The monoisotopic (exact) mass is 407 g/mol. The summed E-state index contributed by atoms with van der Waals surface area (Å²) in [4.78, 5) is 22.0. The topological polar surface area (TPSA) is 70.6 Å². The molecule has 0 radical (unpaired) electrons. The number of hydrogen-bond acceptors (Lipinski definition) is 7. The number of anilines is 1. The molecule has 3 heterocycles. The molecule has 0 spiro atoms. The molecule has 2 aromatic heterocycles. The van der Waals surface area contributed by atoms with Gasteiger partial charge < -0.3 is 9.80 Å². The summed E-state index contributed by atoms with van der Waals surface area (Å²) in [6, 6.07) is 8.97. The van der Waals surface area contributed by atoms with Crippen molar-refractivity contribution in [1.82, 2.24) is 9.88 Å². The van der Waals surface area contributed by atoms with Gasteiger partial charge in [0, 0.05) is 32.4 Å². The van der Waals surface area contributed by atoms with Crippen molar-refractivity contribution in [2.24, 2.45) is 0 Å². The largest absolute Gasteiger partial charge is 0.345 e. The normalized spacial score (nSPS) is 15.6. The molecular formula is C17H17N3O3S3. The van der Waals surface area contributed by atoms with Crippen LogP contribution in [0.1, 0.15) is 9.67 Å². The van der Waals surface area contributed by atoms with E-state index in [1.165, 1.54) is 28.9 Å². The van der Waals surface area contributed by atoms with E-state index in [0.717, 1.165) is 14.7 Å². The van der Waals surface area contributed by atoms with Crippen molar-refractivity contribution in [2.75, 3.05) is 37.3 Å². The van der Waals surface area contributed by atoms with Crippen LogP contribution in [0.5, 0.6) is 0 Å². The van der Waals surface area contributed by atoms with Gasteiger partial charge in [-0.05, 0) is 23.6 Å². The van der Waals surface area contributed by atoms with Crippen LogP contribution in [-0.2, 0) is 9.84 Å². The third kappa shape index (κ3) is 3.22. The minimum Gasteiger partial charge on any atom is -0.345 e. The number of sulfone groups is 1. The van der Waals surface area contributed by atoms with Crippen LogP contribution in [0.25, 0.3) is 10.2 Å². The standard InChI is InChI=1S/C17H17N3O3S3/c1-26(22,23)14-6-2-4-12-15(14)18-17(25-12)20-9-7-19(8-10-20)16(21)13-5-3-11-24-13/h2-6,11H,7-10H2,1H3. The summed E-state index contributed by atoms with van der Waals surface area (Å²) in [5, 5.41) is 2.71. The zero-order valence-electron chi connectivity index (χ0n) is 14.1. The van der Waals surface area contributed by atoms with Crippen LogP contribution in [0.4, 0.5) is 5.13 Å².